The molecule has 0 aromatic heterocycles. The number of carbonyl (C=O) groups excluding carboxylic acids is 2. The third-order valence-electron chi connectivity index (χ3n) is 8.02. The summed E-state index contributed by atoms with van der Waals surface area (Å²) < 4.78 is 17.1. The molecular weight excluding hydrogens is 606 g/mol. The molecule has 0 fully saturated rings. The van der Waals surface area contributed by atoms with Crippen molar-refractivity contribution in [1.82, 2.24) is 0 Å². The van der Waals surface area contributed by atoms with E-state index in [-0.39, 0.29) is 36.2 Å². The number of carboxylic acids is 1. The Morgan fingerprint density at radius 1 is 0.646 bits per heavy atom. The summed E-state index contributed by atoms with van der Waals surface area (Å²) in [5.41, 5.74) is 0. The van der Waals surface area contributed by atoms with Gasteiger partial charge in [-0.3, -0.25) is 9.59 Å². The predicted octanol–water partition coefficient (Wildman–Crippen LogP) is 9.29. The molecule has 0 aliphatic rings. The van der Waals surface area contributed by atoms with Crippen LogP contribution in [-0.2, 0) is 28.6 Å². The van der Waals surface area contributed by atoms with E-state index in [9.17, 15) is 19.5 Å². The van der Waals surface area contributed by atoms with Gasteiger partial charge in [0, 0.05) is 19.3 Å². The van der Waals surface area contributed by atoms with Gasteiger partial charge in [-0.25, -0.2) is 4.79 Å². The predicted molar refractivity (Wildman–Crippen MR) is 197 cm³/mol. The lowest BCUT2D eigenvalue weighted by molar-refractivity contribution is -0.887. The lowest BCUT2D eigenvalue weighted by Crippen LogP contribution is -2.50. The molecule has 0 rings (SSSR count). The number of unbranched alkanes of at least 4 members (excludes halogenated alkanes) is 12. The van der Waals surface area contributed by atoms with Crippen molar-refractivity contribution in [1.29, 1.82) is 0 Å². The van der Waals surface area contributed by atoms with E-state index in [2.05, 4.69) is 50.3 Å². The van der Waals surface area contributed by atoms with E-state index in [4.69, 9.17) is 14.2 Å². The second-order valence-corrected chi connectivity index (χ2v) is 13.5. The Morgan fingerprint density at radius 2 is 1.19 bits per heavy atom. The van der Waals surface area contributed by atoms with Crippen molar-refractivity contribution in [3.63, 3.8) is 0 Å². The van der Waals surface area contributed by atoms with E-state index in [1.165, 1.54) is 19.3 Å². The minimum Gasteiger partial charge on any atom is -0.477 e. The highest BCUT2D eigenvalue weighted by Gasteiger charge is 2.31. The van der Waals surface area contributed by atoms with Gasteiger partial charge in [0.15, 0.2) is 12.1 Å². The fraction of sp³-hybridized carbons (Fsp3) is 0.725. The van der Waals surface area contributed by atoms with Crippen LogP contribution in [0.2, 0.25) is 0 Å². The Hall–Kier alpha value is -2.71. The van der Waals surface area contributed by atoms with Gasteiger partial charge in [-0.05, 0) is 51.4 Å². The number of hydrogen-bond acceptors (Lipinski definition) is 6. The number of carboxylic acid groups (broad SMARTS) is 1. The minimum absolute atomic E-state index is 0.0496. The molecule has 8 nitrogen and oxygen atoms in total. The minimum atomic E-state index is -0.883. The second-order valence-electron chi connectivity index (χ2n) is 13.5. The number of allylic oxidation sites excluding steroid dienone is 8. The summed E-state index contributed by atoms with van der Waals surface area (Å²) in [6.45, 7) is 4.50. The van der Waals surface area contributed by atoms with Crippen LogP contribution >= 0.6 is 0 Å². The van der Waals surface area contributed by atoms with Crippen molar-refractivity contribution >= 4 is 17.9 Å². The third-order valence-corrected chi connectivity index (χ3v) is 8.02. The number of rotatable bonds is 32. The molecule has 0 radical (unpaired) electrons. The Kier molecular flexibility index (Phi) is 29.8. The van der Waals surface area contributed by atoms with E-state index in [1.54, 1.807) is 0 Å². The van der Waals surface area contributed by atoms with Crippen LogP contribution in [0.3, 0.4) is 0 Å². The molecule has 8 heteroatoms. The zero-order chi connectivity index (χ0) is 35.7. The molecule has 2 atom stereocenters. The first kappa shape index (κ1) is 45.3. The van der Waals surface area contributed by atoms with Gasteiger partial charge in [-0.1, -0.05) is 114 Å². The molecule has 0 amide bonds. The molecule has 0 saturated heterocycles. The first-order valence-corrected chi connectivity index (χ1v) is 18.7. The average molecular weight is 677 g/mol. The summed E-state index contributed by atoms with van der Waals surface area (Å²) in [5.74, 6) is -1.52. The van der Waals surface area contributed by atoms with Crippen LogP contribution in [-0.4, -0.2) is 80.6 Å². The Labute approximate surface area is 293 Å². The Bertz CT molecular complexity index is 932. The zero-order valence-electron chi connectivity index (χ0n) is 31.2. The number of quaternary nitrogens is 1. The molecule has 276 valence electrons. The van der Waals surface area contributed by atoms with Gasteiger partial charge in [-0.15, -0.1) is 0 Å². The number of hydrogen-bond donors (Lipinski definition) is 1. The number of likely N-dealkylation sites (N-methyl/N-ethyl adjacent to an activating group) is 1. The Morgan fingerprint density at radius 3 is 1.77 bits per heavy atom. The molecule has 0 heterocycles. The smallest absolute Gasteiger partial charge is 0.362 e. The van der Waals surface area contributed by atoms with E-state index in [0.717, 1.165) is 83.5 Å². The second kappa shape index (κ2) is 31.6. The molecular formula is C40H70NO7+. The highest BCUT2D eigenvalue weighted by Crippen LogP contribution is 2.12. The van der Waals surface area contributed by atoms with Gasteiger partial charge < -0.3 is 23.8 Å². The largest absolute Gasteiger partial charge is 0.477 e. The van der Waals surface area contributed by atoms with Crippen LogP contribution in [0.4, 0.5) is 0 Å². The van der Waals surface area contributed by atoms with E-state index in [0.29, 0.717) is 19.3 Å². The average Bonchev–Trinajstić information content (AvgIpc) is 3.03. The van der Waals surface area contributed by atoms with E-state index >= 15 is 0 Å². The lowest BCUT2D eigenvalue weighted by atomic mass is 10.1. The van der Waals surface area contributed by atoms with Crippen LogP contribution in [0.15, 0.2) is 48.6 Å². The molecule has 0 spiro atoms. The first-order valence-electron chi connectivity index (χ1n) is 18.7. The van der Waals surface area contributed by atoms with Crippen molar-refractivity contribution in [2.24, 2.45) is 0 Å². The number of aliphatic carboxylic acids is 1. The normalized spacial score (nSPS) is 13.6. The SMILES string of the molecule is CC/C=C/C=C/C=C/CCCCCCCC(=O)OCC(COCCC(C(=O)O)[N+](C)(C)C)OC(=O)CCCCCCC/C=C/CCCC. The monoisotopic (exact) mass is 677 g/mol. The van der Waals surface area contributed by atoms with Gasteiger partial charge >= 0.3 is 17.9 Å². The maximum absolute atomic E-state index is 12.6. The van der Waals surface area contributed by atoms with Gasteiger partial charge in [0.1, 0.15) is 6.61 Å². The quantitative estimate of drug-likeness (QED) is 0.0249. The van der Waals surface area contributed by atoms with E-state index in [1.807, 2.05) is 33.3 Å². The summed E-state index contributed by atoms with van der Waals surface area (Å²) in [6, 6.07) is -0.618. The molecule has 2 unspecified atom stereocenters. The molecule has 0 saturated carbocycles. The first-order chi connectivity index (χ1) is 23.1. The van der Waals surface area contributed by atoms with Gasteiger partial charge in [-0.2, -0.15) is 0 Å². The van der Waals surface area contributed by atoms with Crippen molar-refractivity contribution in [2.45, 2.75) is 148 Å². The van der Waals surface area contributed by atoms with Crippen LogP contribution in [0.1, 0.15) is 136 Å². The maximum atomic E-state index is 12.6. The van der Waals surface area contributed by atoms with Crippen molar-refractivity contribution in [3.8, 4) is 0 Å². The van der Waals surface area contributed by atoms with Crippen molar-refractivity contribution < 1.29 is 38.2 Å². The number of ether oxygens (including phenoxy) is 3. The summed E-state index contributed by atoms with van der Waals surface area (Å²) in [7, 11) is 5.50. The van der Waals surface area contributed by atoms with Gasteiger partial charge in [0.25, 0.3) is 0 Å². The summed E-state index contributed by atoms with van der Waals surface area (Å²) >= 11 is 0. The van der Waals surface area contributed by atoms with Crippen LogP contribution in [0, 0.1) is 0 Å². The lowest BCUT2D eigenvalue weighted by Gasteiger charge is -2.31. The standard InChI is InChI=1S/C40H69NO7/c1-6-8-10-12-14-16-18-19-21-22-24-26-28-30-38(42)47-35-36(34-46-33-32-37(40(44)45)41(3,4)5)48-39(43)31-29-27-25-23-20-17-15-13-11-9-7-2/h8,10,12-16,18,36-37H,6-7,9,11,17,19-35H2,1-5H3/p+1/b10-8+,14-12+,15-13+,18-16+. The molecule has 0 aromatic carbocycles. The number of esters is 2. The van der Waals surface area contributed by atoms with Crippen LogP contribution in [0.25, 0.3) is 0 Å². The molecule has 1 N–H and O–H groups in total. The fourth-order valence-corrected chi connectivity index (χ4v) is 5.07. The van der Waals surface area contributed by atoms with Crippen LogP contribution < -0.4 is 0 Å². The number of nitrogens with zero attached hydrogens (tertiary/aromatic N) is 1. The maximum Gasteiger partial charge on any atom is 0.362 e. The molecule has 0 aliphatic carbocycles. The fourth-order valence-electron chi connectivity index (χ4n) is 5.07. The van der Waals surface area contributed by atoms with E-state index < -0.39 is 18.1 Å². The molecule has 0 aliphatic heterocycles. The van der Waals surface area contributed by atoms with Crippen molar-refractivity contribution in [2.75, 3.05) is 41.0 Å². The highest BCUT2D eigenvalue weighted by atomic mass is 16.6. The highest BCUT2D eigenvalue weighted by molar-refractivity contribution is 5.72. The molecule has 0 bridgehead atoms. The van der Waals surface area contributed by atoms with Crippen molar-refractivity contribution in [3.05, 3.63) is 48.6 Å². The summed E-state index contributed by atoms with van der Waals surface area (Å²) in [5, 5.41) is 9.57. The summed E-state index contributed by atoms with van der Waals surface area (Å²) in [4.78, 5) is 36.7. The third kappa shape index (κ3) is 29.4. The van der Waals surface area contributed by atoms with Crippen LogP contribution in [0.5, 0.6) is 0 Å². The summed E-state index contributed by atoms with van der Waals surface area (Å²) in [6.07, 6.45) is 34.4. The topological polar surface area (TPSA) is 99.1 Å². The zero-order valence-corrected chi connectivity index (χ0v) is 31.2. The number of carbonyl (C=O) groups is 3. The Balaban J connectivity index is 4.48. The molecule has 0 aromatic rings. The van der Waals surface area contributed by atoms with Gasteiger partial charge in [0.05, 0.1) is 34.4 Å². The molecule has 48 heavy (non-hydrogen) atoms. The van der Waals surface area contributed by atoms with Gasteiger partial charge in [0.2, 0.25) is 0 Å².